The third-order valence-corrected chi connectivity index (χ3v) is 7.39. The van der Waals surface area contributed by atoms with Crippen LogP contribution in [0.5, 0.6) is 11.5 Å². The molecule has 0 bridgehead atoms. The Morgan fingerprint density at radius 1 is 0.867 bits per heavy atom. The van der Waals surface area contributed by atoms with Crippen molar-refractivity contribution >= 4 is 43.4 Å². The Bertz CT molecular complexity index is 1300. The van der Waals surface area contributed by atoms with E-state index in [-0.39, 0.29) is 10.8 Å². The maximum absolute atomic E-state index is 13.0. The smallest absolute Gasteiger partial charge is 0.318 e. The number of halogens is 1. The number of carbonyl (C=O) groups excluding carboxylic acids is 1. The van der Waals surface area contributed by atoms with Gasteiger partial charge >= 0.3 is 5.97 Å². The number of fused-ring (bicyclic) bond motifs is 2. The highest BCUT2D eigenvalue weighted by atomic mass is 79.9. The summed E-state index contributed by atoms with van der Waals surface area (Å²) in [5, 5.41) is 4.27. The minimum atomic E-state index is -0.480. The minimum Gasteiger partial charge on any atom is -0.496 e. The van der Waals surface area contributed by atoms with Crippen molar-refractivity contribution in [1.82, 2.24) is 0 Å². The molecule has 3 nitrogen and oxygen atoms in total. The second-order valence-electron chi connectivity index (χ2n) is 8.00. The van der Waals surface area contributed by atoms with Gasteiger partial charge in [0.2, 0.25) is 0 Å². The van der Waals surface area contributed by atoms with Crippen LogP contribution >= 0.6 is 15.9 Å². The van der Waals surface area contributed by atoms with Gasteiger partial charge in [0.25, 0.3) is 0 Å². The van der Waals surface area contributed by atoms with Crippen LogP contribution in [0.2, 0.25) is 0 Å². The Labute approximate surface area is 183 Å². The van der Waals surface area contributed by atoms with Crippen molar-refractivity contribution in [2.75, 3.05) is 7.11 Å². The highest BCUT2D eigenvalue weighted by Gasteiger charge is 2.56. The molecular weight excluding hydrogens is 440 g/mol. The molecule has 0 spiro atoms. The van der Waals surface area contributed by atoms with Crippen LogP contribution in [-0.2, 0) is 4.79 Å². The zero-order valence-corrected chi connectivity index (χ0v) is 18.4. The highest BCUT2D eigenvalue weighted by Crippen LogP contribution is 2.53. The van der Waals surface area contributed by atoms with Gasteiger partial charge < -0.3 is 9.47 Å². The summed E-state index contributed by atoms with van der Waals surface area (Å²) in [5.74, 6) is 1.10. The van der Waals surface area contributed by atoms with Crippen LogP contribution < -0.4 is 9.47 Å². The summed E-state index contributed by atoms with van der Waals surface area (Å²) in [4.78, 5) is 13.1. The fourth-order valence-corrected chi connectivity index (χ4v) is 4.87. The lowest BCUT2D eigenvalue weighted by molar-refractivity contribution is -0.139. The molecule has 150 valence electrons. The molecule has 0 aromatic heterocycles. The fraction of sp³-hybridized carbons (Fsp3) is 0.192. The van der Waals surface area contributed by atoms with E-state index in [2.05, 4.69) is 46.3 Å². The van der Waals surface area contributed by atoms with Crippen molar-refractivity contribution in [2.45, 2.75) is 18.2 Å². The Morgan fingerprint density at radius 3 is 1.90 bits per heavy atom. The summed E-state index contributed by atoms with van der Waals surface area (Å²) in [6.45, 7) is 1.94. The van der Waals surface area contributed by atoms with E-state index >= 15 is 0 Å². The van der Waals surface area contributed by atoms with Crippen LogP contribution in [-0.4, -0.2) is 17.9 Å². The van der Waals surface area contributed by atoms with Crippen molar-refractivity contribution in [3.63, 3.8) is 0 Å². The zero-order valence-electron chi connectivity index (χ0n) is 16.8. The van der Waals surface area contributed by atoms with E-state index in [1.165, 1.54) is 0 Å². The number of hydrogen-bond acceptors (Lipinski definition) is 3. The van der Waals surface area contributed by atoms with Crippen molar-refractivity contribution in [3.8, 4) is 22.6 Å². The Balaban J connectivity index is 1.80. The van der Waals surface area contributed by atoms with Crippen LogP contribution in [0.25, 0.3) is 32.7 Å². The molecule has 0 radical (unpaired) electrons. The van der Waals surface area contributed by atoms with Crippen molar-refractivity contribution < 1.29 is 14.3 Å². The first kappa shape index (κ1) is 19.1. The topological polar surface area (TPSA) is 35.5 Å². The summed E-state index contributed by atoms with van der Waals surface area (Å²) in [6.07, 6.45) is 0.784. The van der Waals surface area contributed by atoms with E-state index in [4.69, 9.17) is 9.47 Å². The van der Waals surface area contributed by atoms with Crippen molar-refractivity contribution in [1.29, 1.82) is 0 Å². The molecule has 0 saturated heterocycles. The summed E-state index contributed by atoms with van der Waals surface area (Å²) in [7, 11) is 1.67. The number of hydrogen-bond donors (Lipinski definition) is 0. The molecule has 0 aliphatic heterocycles. The van der Waals surface area contributed by atoms with Gasteiger partial charge in [0, 0.05) is 16.0 Å². The molecule has 4 heteroatoms. The van der Waals surface area contributed by atoms with Gasteiger partial charge in [0.15, 0.2) is 0 Å². The van der Waals surface area contributed by atoms with E-state index in [1.54, 1.807) is 7.11 Å². The lowest BCUT2D eigenvalue weighted by Crippen LogP contribution is -2.21. The largest absolute Gasteiger partial charge is 0.496 e. The molecule has 1 aliphatic carbocycles. The number of rotatable bonds is 4. The van der Waals surface area contributed by atoms with Crippen LogP contribution in [0.3, 0.4) is 0 Å². The van der Waals surface area contributed by atoms with E-state index in [9.17, 15) is 4.79 Å². The van der Waals surface area contributed by atoms with Gasteiger partial charge in [-0.1, -0.05) is 76.6 Å². The number of alkyl halides is 1. The third-order valence-electron chi connectivity index (χ3n) is 6.05. The SMILES string of the molecule is COc1ccc2ccccc2c1-c1c(OC(=O)[C@]2(C)C[C@H]2Br)ccc2ccccc12. The first-order valence-corrected chi connectivity index (χ1v) is 10.9. The summed E-state index contributed by atoms with van der Waals surface area (Å²) in [6, 6.07) is 24.3. The van der Waals surface area contributed by atoms with Crippen LogP contribution in [0, 0.1) is 5.41 Å². The van der Waals surface area contributed by atoms with Gasteiger partial charge in [-0.15, -0.1) is 0 Å². The Hall–Kier alpha value is -2.85. The molecule has 1 saturated carbocycles. The quantitative estimate of drug-likeness (QED) is 0.192. The normalized spacial score (nSPS) is 20.3. The van der Waals surface area contributed by atoms with Crippen LogP contribution in [0.4, 0.5) is 0 Å². The first-order chi connectivity index (χ1) is 14.5. The zero-order chi connectivity index (χ0) is 20.9. The highest BCUT2D eigenvalue weighted by molar-refractivity contribution is 9.09. The summed E-state index contributed by atoms with van der Waals surface area (Å²) < 4.78 is 11.8. The third kappa shape index (κ3) is 2.98. The van der Waals surface area contributed by atoms with Gasteiger partial charge in [0.05, 0.1) is 12.5 Å². The van der Waals surface area contributed by atoms with Crippen LogP contribution in [0.15, 0.2) is 72.8 Å². The van der Waals surface area contributed by atoms with E-state index in [0.717, 1.165) is 44.8 Å². The monoisotopic (exact) mass is 460 g/mol. The molecule has 30 heavy (non-hydrogen) atoms. The van der Waals surface area contributed by atoms with Gasteiger partial charge in [-0.2, -0.15) is 0 Å². The molecule has 0 N–H and O–H groups in total. The molecule has 0 amide bonds. The summed E-state index contributed by atoms with van der Waals surface area (Å²) >= 11 is 3.56. The van der Waals surface area contributed by atoms with Gasteiger partial charge in [-0.3, -0.25) is 4.79 Å². The number of ether oxygens (including phenoxy) is 2. The Kier molecular flexibility index (Phi) is 4.55. The molecule has 0 heterocycles. The maximum atomic E-state index is 13.0. The predicted molar refractivity (Wildman–Crippen MR) is 125 cm³/mol. The van der Waals surface area contributed by atoms with Gasteiger partial charge in [-0.05, 0) is 47.0 Å². The van der Waals surface area contributed by atoms with Crippen LogP contribution in [0.1, 0.15) is 13.3 Å². The predicted octanol–water partition coefficient (Wildman–Crippen LogP) is 6.75. The second kappa shape index (κ2) is 7.13. The lowest BCUT2D eigenvalue weighted by atomic mass is 9.92. The lowest BCUT2D eigenvalue weighted by Gasteiger charge is -2.19. The molecule has 5 rings (SSSR count). The molecule has 2 atom stereocenters. The van der Waals surface area contributed by atoms with Crippen molar-refractivity contribution in [2.24, 2.45) is 5.41 Å². The van der Waals surface area contributed by atoms with Gasteiger partial charge in [0.1, 0.15) is 11.5 Å². The molecule has 0 unspecified atom stereocenters. The average Bonchev–Trinajstić information content (AvgIpc) is 3.40. The minimum absolute atomic E-state index is 0.161. The van der Waals surface area contributed by atoms with Crippen molar-refractivity contribution in [3.05, 3.63) is 72.8 Å². The molecule has 4 aromatic carbocycles. The van der Waals surface area contributed by atoms with Gasteiger partial charge in [-0.25, -0.2) is 0 Å². The number of benzene rings is 4. The maximum Gasteiger partial charge on any atom is 0.318 e. The molecular formula is C26H21BrO3. The fourth-order valence-electron chi connectivity index (χ4n) is 4.01. The number of methoxy groups -OCH3 is 1. The van der Waals surface area contributed by atoms with E-state index < -0.39 is 5.41 Å². The van der Waals surface area contributed by atoms with E-state index in [1.807, 2.05) is 49.4 Å². The average molecular weight is 461 g/mol. The van der Waals surface area contributed by atoms with E-state index in [0.29, 0.717) is 5.75 Å². The molecule has 1 aliphatic rings. The summed E-state index contributed by atoms with van der Waals surface area (Å²) in [5.41, 5.74) is 1.34. The number of esters is 1. The molecule has 4 aromatic rings. The number of carbonyl (C=O) groups is 1. The first-order valence-electron chi connectivity index (χ1n) is 9.97. The standard InChI is InChI=1S/C26H21BrO3/c1-26(15-22(26)27)25(28)30-21-14-12-17-8-4-6-10-19(17)24(21)23-18-9-5-3-7-16(18)11-13-20(23)29-2/h3-14,22H,15H2,1-2H3/t22-,26-/m1/s1. The Morgan fingerprint density at radius 2 is 1.37 bits per heavy atom. The second-order valence-corrected chi connectivity index (χ2v) is 9.11. The molecule has 1 fully saturated rings.